The molecular formula is C15H22N4O. The molecule has 0 saturated carbocycles. The molecule has 1 N–H and O–H groups in total. The monoisotopic (exact) mass is 274 g/mol. The topological polar surface area (TPSA) is 52.0 Å². The number of nitrogens with one attached hydrogen (secondary N) is 1. The van der Waals surface area contributed by atoms with Gasteiger partial charge < -0.3 is 14.6 Å². The van der Waals surface area contributed by atoms with Crippen LogP contribution in [0.25, 0.3) is 0 Å². The third-order valence-electron chi connectivity index (χ3n) is 3.00. The number of nitrogens with zero attached hydrogens (tertiary/aromatic N) is 3. The average molecular weight is 274 g/mol. The third kappa shape index (κ3) is 3.57. The predicted octanol–water partition coefficient (Wildman–Crippen LogP) is 2.30. The molecule has 2 aromatic heterocycles. The minimum Gasteiger partial charge on any atom is -0.492 e. The zero-order chi connectivity index (χ0) is 14.4. The Balaban J connectivity index is 2.28. The van der Waals surface area contributed by atoms with Gasteiger partial charge in [0.1, 0.15) is 5.75 Å². The van der Waals surface area contributed by atoms with Gasteiger partial charge in [-0.2, -0.15) is 0 Å². The molecule has 5 nitrogen and oxygen atoms in total. The molecule has 0 amide bonds. The summed E-state index contributed by atoms with van der Waals surface area (Å²) in [5.74, 6) is 0.796. The summed E-state index contributed by atoms with van der Waals surface area (Å²) in [4.78, 5) is 8.72. The highest BCUT2D eigenvalue weighted by Gasteiger charge is 2.16. The molecule has 1 atom stereocenters. The van der Waals surface area contributed by atoms with Gasteiger partial charge in [-0.3, -0.25) is 4.98 Å². The molecule has 0 aliphatic heterocycles. The van der Waals surface area contributed by atoms with Crippen molar-refractivity contribution >= 4 is 0 Å². The lowest BCUT2D eigenvalue weighted by molar-refractivity contribution is 0.338. The Labute approximate surface area is 120 Å². The fourth-order valence-corrected chi connectivity index (χ4v) is 2.10. The minimum atomic E-state index is 0.0454. The average Bonchev–Trinajstić information content (AvgIpc) is 2.87. The van der Waals surface area contributed by atoms with E-state index >= 15 is 0 Å². The van der Waals surface area contributed by atoms with Crippen LogP contribution in [-0.4, -0.2) is 27.7 Å². The maximum atomic E-state index is 5.53. The van der Waals surface area contributed by atoms with Gasteiger partial charge in [0.25, 0.3) is 0 Å². The Kier molecular flexibility index (Phi) is 5.12. The first-order valence-electron chi connectivity index (χ1n) is 7.03. The molecule has 0 fully saturated rings. The van der Waals surface area contributed by atoms with Crippen molar-refractivity contribution in [2.45, 2.75) is 26.3 Å². The van der Waals surface area contributed by atoms with E-state index < -0.39 is 0 Å². The lowest BCUT2D eigenvalue weighted by atomic mass is 10.1. The van der Waals surface area contributed by atoms with Gasteiger partial charge in [-0.25, -0.2) is 4.98 Å². The number of aryl methyl sites for hydroxylation is 1. The fraction of sp³-hybridized carbons (Fsp3) is 0.467. The Bertz CT molecular complexity index is 538. The first-order chi connectivity index (χ1) is 9.74. The second kappa shape index (κ2) is 7.05. The van der Waals surface area contributed by atoms with E-state index in [1.54, 1.807) is 6.20 Å². The normalized spacial score (nSPS) is 12.3. The molecule has 0 bridgehead atoms. The summed E-state index contributed by atoms with van der Waals surface area (Å²) in [5.41, 5.74) is 2.07. The van der Waals surface area contributed by atoms with Gasteiger partial charge in [-0.1, -0.05) is 6.92 Å². The van der Waals surface area contributed by atoms with Crippen molar-refractivity contribution in [2.24, 2.45) is 7.05 Å². The molecule has 0 spiro atoms. The van der Waals surface area contributed by atoms with Crippen molar-refractivity contribution in [3.8, 4) is 5.75 Å². The van der Waals surface area contributed by atoms with Gasteiger partial charge in [-0.05, 0) is 31.5 Å². The summed E-state index contributed by atoms with van der Waals surface area (Å²) in [7, 11) is 1.97. The summed E-state index contributed by atoms with van der Waals surface area (Å²) in [6.45, 7) is 5.69. The van der Waals surface area contributed by atoms with Crippen LogP contribution in [0, 0.1) is 0 Å². The summed E-state index contributed by atoms with van der Waals surface area (Å²) in [6, 6.07) is 2.07. The van der Waals surface area contributed by atoms with Crippen molar-refractivity contribution in [1.82, 2.24) is 19.9 Å². The molecule has 20 heavy (non-hydrogen) atoms. The number of imidazole rings is 1. The molecular weight excluding hydrogens is 252 g/mol. The van der Waals surface area contributed by atoms with E-state index in [1.807, 2.05) is 43.3 Å². The molecule has 0 aliphatic rings. The van der Waals surface area contributed by atoms with Crippen LogP contribution in [0.1, 0.15) is 37.6 Å². The van der Waals surface area contributed by atoms with E-state index in [4.69, 9.17) is 4.74 Å². The molecule has 0 aromatic carbocycles. The van der Waals surface area contributed by atoms with Crippen molar-refractivity contribution in [2.75, 3.05) is 13.2 Å². The third-order valence-corrected chi connectivity index (χ3v) is 3.00. The van der Waals surface area contributed by atoms with E-state index in [0.717, 1.165) is 30.0 Å². The molecule has 2 aromatic rings. The molecule has 108 valence electrons. The summed E-state index contributed by atoms with van der Waals surface area (Å²) in [6.07, 6.45) is 8.52. The van der Waals surface area contributed by atoms with Gasteiger partial charge in [0, 0.05) is 19.4 Å². The maximum absolute atomic E-state index is 5.53. The van der Waals surface area contributed by atoms with Gasteiger partial charge in [0.05, 0.1) is 30.9 Å². The van der Waals surface area contributed by atoms with Crippen molar-refractivity contribution in [3.63, 3.8) is 0 Å². The van der Waals surface area contributed by atoms with Crippen LogP contribution in [0.5, 0.6) is 5.75 Å². The minimum absolute atomic E-state index is 0.0454. The first-order valence-corrected chi connectivity index (χ1v) is 7.03. The zero-order valence-corrected chi connectivity index (χ0v) is 12.3. The van der Waals surface area contributed by atoms with E-state index in [0.29, 0.717) is 6.61 Å². The van der Waals surface area contributed by atoms with E-state index in [1.165, 1.54) is 0 Å². The van der Waals surface area contributed by atoms with E-state index in [-0.39, 0.29) is 6.04 Å². The van der Waals surface area contributed by atoms with Gasteiger partial charge in [0.15, 0.2) is 0 Å². The summed E-state index contributed by atoms with van der Waals surface area (Å²) < 4.78 is 7.48. The number of pyridine rings is 1. The lowest BCUT2D eigenvalue weighted by Gasteiger charge is -2.17. The second-order valence-corrected chi connectivity index (χ2v) is 4.74. The molecule has 2 rings (SSSR count). The Morgan fingerprint density at radius 3 is 2.85 bits per heavy atom. The molecule has 5 heteroatoms. The van der Waals surface area contributed by atoms with Gasteiger partial charge >= 0.3 is 0 Å². The van der Waals surface area contributed by atoms with Crippen molar-refractivity contribution in [1.29, 1.82) is 0 Å². The van der Waals surface area contributed by atoms with Crippen LogP contribution in [0.4, 0.5) is 0 Å². The molecule has 2 heterocycles. The molecule has 0 aliphatic carbocycles. The predicted molar refractivity (Wildman–Crippen MR) is 78.8 cm³/mol. The number of hydrogen-bond acceptors (Lipinski definition) is 4. The number of aromatic nitrogens is 3. The van der Waals surface area contributed by atoms with Crippen LogP contribution in [-0.2, 0) is 7.05 Å². The van der Waals surface area contributed by atoms with Crippen LogP contribution < -0.4 is 10.1 Å². The number of ether oxygens (including phenoxy) is 1. The van der Waals surface area contributed by atoms with Crippen LogP contribution in [0.15, 0.2) is 31.0 Å². The first kappa shape index (κ1) is 14.5. The highest BCUT2D eigenvalue weighted by molar-refractivity contribution is 5.30. The Morgan fingerprint density at radius 1 is 1.35 bits per heavy atom. The molecule has 1 unspecified atom stereocenters. The molecule has 0 radical (unpaired) electrons. The van der Waals surface area contributed by atoms with Gasteiger partial charge in [0.2, 0.25) is 0 Å². The highest BCUT2D eigenvalue weighted by Crippen LogP contribution is 2.23. The smallest absolute Gasteiger partial charge is 0.137 e. The van der Waals surface area contributed by atoms with Crippen LogP contribution in [0.3, 0.4) is 0 Å². The highest BCUT2D eigenvalue weighted by atomic mass is 16.5. The van der Waals surface area contributed by atoms with E-state index in [9.17, 15) is 0 Å². The Morgan fingerprint density at radius 2 is 2.20 bits per heavy atom. The van der Waals surface area contributed by atoms with E-state index in [2.05, 4.69) is 22.2 Å². The van der Waals surface area contributed by atoms with Crippen molar-refractivity contribution in [3.05, 3.63) is 42.2 Å². The quantitative estimate of drug-likeness (QED) is 0.841. The lowest BCUT2D eigenvalue weighted by Crippen LogP contribution is -2.23. The van der Waals surface area contributed by atoms with Crippen LogP contribution >= 0.6 is 0 Å². The second-order valence-electron chi connectivity index (χ2n) is 4.74. The zero-order valence-electron chi connectivity index (χ0n) is 12.3. The van der Waals surface area contributed by atoms with Crippen LogP contribution in [0.2, 0.25) is 0 Å². The standard InChI is InChI=1S/C15H22N4O/c1-4-6-17-15(14-10-19(3)11-18-14)12-7-13(20-5-2)9-16-8-12/h7-11,15,17H,4-6H2,1-3H3. The number of rotatable bonds is 7. The molecule has 0 saturated heterocycles. The van der Waals surface area contributed by atoms with Crippen molar-refractivity contribution < 1.29 is 4.74 Å². The summed E-state index contributed by atoms with van der Waals surface area (Å²) in [5, 5.41) is 3.51. The summed E-state index contributed by atoms with van der Waals surface area (Å²) >= 11 is 0. The largest absolute Gasteiger partial charge is 0.492 e. The number of hydrogen-bond donors (Lipinski definition) is 1. The Hall–Kier alpha value is -1.88. The fourth-order valence-electron chi connectivity index (χ4n) is 2.10. The maximum Gasteiger partial charge on any atom is 0.137 e. The SMILES string of the molecule is CCCNC(c1cncc(OCC)c1)c1cn(C)cn1. The van der Waals surface area contributed by atoms with Gasteiger partial charge in [-0.15, -0.1) is 0 Å².